The Kier molecular flexibility index (Phi) is 6.04. The van der Waals surface area contributed by atoms with Gasteiger partial charge in [-0.1, -0.05) is 25.5 Å². The Bertz CT molecular complexity index is 731. The molecule has 4 nitrogen and oxygen atoms in total. The van der Waals surface area contributed by atoms with Crippen LogP contribution in [0.5, 0.6) is 0 Å². The number of thiophene rings is 1. The van der Waals surface area contributed by atoms with E-state index in [-0.39, 0.29) is 5.91 Å². The monoisotopic (exact) mass is 373 g/mol. The summed E-state index contributed by atoms with van der Waals surface area (Å²) >= 11 is 6.82. The molecule has 1 amide bonds. The lowest BCUT2D eigenvalue weighted by atomic mass is 10.1. The van der Waals surface area contributed by atoms with Gasteiger partial charge >= 0.3 is 0 Å². The van der Waals surface area contributed by atoms with Gasteiger partial charge in [0.1, 0.15) is 0 Å². The number of rotatable bonds is 5. The number of unbranched alkanes of at least 4 members (excludes halogenated alkanes) is 1. The van der Waals surface area contributed by atoms with Crippen molar-refractivity contribution in [2.45, 2.75) is 45.4 Å². The molecule has 1 aliphatic carbocycles. The highest BCUT2D eigenvalue weighted by atomic mass is 32.1. The molecule has 6 heteroatoms. The third-order valence-corrected chi connectivity index (χ3v) is 5.73. The average Bonchev–Trinajstić information content (AvgIpc) is 3.21. The van der Waals surface area contributed by atoms with Crippen molar-refractivity contribution in [2.24, 2.45) is 0 Å². The molecule has 3 N–H and O–H groups in total. The summed E-state index contributed by atoms with van der Waals surface area (Å²) in [5, 5.41) is 3.45. The van der Waals surface area contributed by atoms with Gasteiger partial charge in [0.15, 0.2) is 5.11 Å². The van der Waals surface area contributed by atoms with E-state index in [1.165, 1.54) is 35.3 Å². The number of benzene rings is 1. The van der Waals surface area contributed by atoms with Crippen molar-refractivity contribution in [3.63, 3.8) is 0 Å². The molecule has 1 aromatic carbocycles. The molecule has 0 radical (unpaired) electrons. The molecule has 0 fully saturated rings. The molecule has 3 rings (SSSR count). The van der Waals surface area contributed by atoms with Crippen LogP contribution in [0.25, 0.3) is 0 Å². The van der Waals surface area contributed by atoms with Crippen LogP contribution >= 0.6 is 23.6 Å². The minimum Gasteiger partial charge on any atom is -0.331 e. The first-order chi connectivity index (χ1) is 12.2. The molecular formula is C19H23N3OS2. The summed E-state index contributed by atoms with van der Waals surface area (Å²) in [5.74, 6) is -0.140. The molecule has 0 saturated carbocycles. The Balaban J connectivity index is 1.46. The molecular weight excluding hydrogens is 350 g/mol. The number of nitrogens with one attached hydrogen (secondary N) is 3. The molecule has 0 saturated heterocycles. The Morgan fingerprint density at radius 1 is 1.20 bits per heavy atom. The zero-order valence-electron chi connectivity index (χ0n) is 14.4. The second-order valence-corrected chi connectivity index (χ2v) is 7.79. The van der Waals surface area contributed by atoms with Gasteiger partial charge in [0.2, 0.25) is 0 Å². The summed E-state index contributed by atoms with van der Waals surface area (Å²) in [7, 11) is 0. The molecule has 132 valence electrons. The van der Waals surface area contributed by atoms with E-state index in [1.807, 2.05) is 18.2 Å². The molecule has 25 heavy (non-hydrogen) atoms. The highest BCUT2D eigenvalue weighted by Gasteiger charge is 2.18. The van der Waals surface area contributed by atoms with E-state index in [4.69, 9.17) is 12.2 Å². The third kappa shape index (κ3) is 4.80. The summed E-state index contributed by atoms with van der Waals surface area (Å²) in [6, 6.07) is 10.2. The van der Waals surface area contributed by atoms with Crippen LogP contribution in [0.3, 0.4) is 0 Å². The number of aryl methyl sites for hydroxylation is 3. The molecule has 1 aromatic heterocycles. The first kappa shape index (κ1) is 17.9. The maximum absolute atomic E-state index is 12.2. The van der Waals surface area contributed by atoms with E-state index in [9.17, 15) is 4.79 Å². The second kappa shape index (κ2) is 8.45. The van der Waals surface area contributed by atoms with Crippen LogP contribution in [-0.4, -0.2) is 11.0 Å². The van der Waals surface area contributed by atoms with Crippen molar-refractivity contribution in [1.82, 2.24) is 10.9 Å². The predicted octanol–water partition coefficient (Wildman–Crippen LogP) is 4.21. The number of carbonyl (C=O) groups is 1. The average molecular weight is 374 g/mol. The second-order valence-electron chi connectivity index (χ2n) is 6.25. The largest absolute Gasteiger partial charge is 0.331 e. The van der Waals surface area contributed by atoms with E-state index in [0.717, 1.165) is 29.8 Å². The number of hydrazine groups is 1. The number of hydrogen-bond acceptors (Lipinski definition) is 3. The summed E-state index contributed by atoms with van der Waals surface area (Å²) in [5.41, 5.74) is 8.98. The minimum atomic E-state index is -0.140. The van der Waals surface area contributed by atoms with Crippen molar-refractivity contribution in [3.05, 3.63) is 51.2 Å². The van der Waals surface area contributed by atoms with E-state index >= 15 is 0 Å². The Hall–Kier alpha value is -1.92. The van der Waals surface area contributed by atoms with Crippen LogP contribution in [0.1, 0.15) is 51.9 Å². The van der Waals surface area contributed by atoms with E-state index < -0.39 is 0 Å². The summed E-state index contributed by atoms with van der Waals surface area (Å²) in [6.45, 7) is 2.19. The topological polar surface area (TPSA) is 53.2 Å². The van der Waals surface area contributed by atoms with Gasteiger partial charge in [-0.2, -0.15) is 0 Å². The zero-order chi connectivity index (χ0) is 17.6. The summed E-state index contributed by atoms with van der Waals surface area (Å²) in [6.07, 6.45) is 6.87. The summed E-state index contributed by atoms with van der Waals surface area (Å²) < 4.78 is 0. The normalized spacial score (nSPS) is 12.5. The molecule has 2 aromatic rings. The number of carbonyl (C=O) groups excluding carboxylic acids is 1. The fourth-order valence-electron chi connectivity index (χ4n) is 2.91. The van der Waals surface area contributed by atoms with E-state index in [1.54, 1.807) is 11.3 Å². The molecule has 1 heterocycles. The number of anilines is 1. The van der Waals surface area contributed by atoms with Crippen molar-refractivity contribution in [3.8, 4) is 0 Å². The van der Waals surface area contributed by atoms with Crippen LogP contribution < -0.4 is 16.2 Å². The first-order valence-electron chi connectivity index (χ1n) is 8.73. The lowest BCUT2D eigenvalue weighted by Crippen LogP contribution is -2.43. The first-order valence-corrected chi connectivity index (χ1v) is 9.96. The van der Waals surface area contributed by atoms with Crippen LogP contribution in [0, 0.1) is 0 Å². The zero-order valence-corrected chi connectivity index (χ0v) is 16.0. The van der Waals surface area contributed by atoms with Crippen LogP contribution in [0.2, 0.25) is 0 Å². The smallest absolute Gasteiger partial charge is 0.279 e. The Morgan fingerprint density at radius 2 is 2.00 bits per heavy atom. The summed E-state index contributed by atoms with van der Waals surface area (Å²) in [4.78, 5) is 14.3. The van der Waals surface area contributed by atoms with Gasteiger partial charge in [0.25, 0.3) is 5.91 Å². The predicted molar refractivity (Wildman–Crippen MR) is 108 cm³/mol. The maximum Gasteiger partial charge on any atom is 0.279 e. The molecule has 0 atom stereocenters. The molecule has 0 bridgehead atoms. The Morgan fingerprint density at radius 3 is 2.72 bits per heavy atom. The minimum absolute atomic E-state index is 0.140. The van der Waals surface area contributed by atoms with Crippen molar-refractivity contribution >= 4 is 40.3 Å². The molecule has 1 aliphatic rings. The lowest BCUT2D eigenvalue weighted by Gasteiger charge is -2.11. The third-order valence-electron chi connectivity index (χ3n) is 4.29. The number of thiocarbonyl (C=S) groups is 1. The van der Waals surface area contributed by atoms with Gasteiger partial charge in [-0.05, 0) is 73.6 Å². The van der Waals surface area contributed by atoms with E-state index in [2.05, 4.69) is 35.2 Å². The SMILES string of the molecule is CCCCc1ccc(NC(=S)NNC(=O)c2cc3c(s2)CCC3)cc1. The van der Waals surface area contributed by atoms with Gasteiger partial charge in [0.05, 0.1) is 4.88 Å². The van der Waals surface area contributed by atoms with Crippen molar-refractivity contribution < 1.29 is 4.79 Å². The van der Waals surface area contributed by atoms with Gasteiger partial charge in [-0.3, -0.25) is 15.6 Å². The van der Waals surface area contributed by atoms with Gasteiger partial charge in [-0.25, -0.2) is 0 Å². The van der Waals surface area contributed by atoms with Crippen LogP contribution in [-0.2, 0) is 19.3 Å². The number of fused-ring (bicyclic) bond motifs is 1. The maximum atomic E-state index is 12.2. The van der Waals surface area contributed by atoms with Gasteiger partial charge in [-0.15, -0.1) is 11.3 Å². The number of hydrogen-bond donors (Lipinski definition) is 3. The molecule has 0 unspecified atom stereocenters. The highest BCUT2D eigenvalue weighted by Crippen LogP contribution is 2.30. The van der Waals surface area contributed by atoms with E-state index in [0.29, 0.717) is 5.11 Å². The quantitative estimate of drug-likeness (QED) is 0.543. The van der Waals surface area contributed by atoms with Gasteiger partial charge in [0, 0.05) is 10.6 Å². The fourth-order valence-corrected chi connectivity index (χ4v) is 4.23. The molecule has 0 spiro atoms. The van der Waals surface area contributed by atoms with Crippen molar-refractivity contribution in [1.29, 1.82) is 0 Å². The fraction of sp³-hybridized carbons (Fsp3) is 0.368. The highest BCUT2D eigenvalue weighted by molar-refractivity contribution is 7.80. The van der Waals surface area contributed by atoms with Gasteiger partial charge < -0.3 is 5.32 Å². The molecule has 0 aliphatic heterocycles. The van der Waals surface area contributed by atoms with Crippen LogP contribution in [0.4, 0.5) is 5.69 Å². The van der Waals surface area contributed by atoms with Crippen LogP contribution in [0.15, 0.2) is 30.3 Å². The Labute approximate surface area is 158 Å². The lowest BCUT2D eigenvalue weighted by molar-refractivity contribution is 0.0948. The standard InChI is InChI=1S/C19H23N3OS2/c1-2-3-5-13-8-10-15(11-9-13)20-19(24)22-21-18(23)17-12-14-6-4-7-16(14)25-17/h8-12H,2-7H2,1H3,(H,21,23)(H2,20,22,24). The number of amides is 1. The van der Waals surface area contributed by atoms with Crippen molar-refractivity contribution in [2.75, 3.05) is 5.32 Å².